The summed E-state index contributed by atoms with van der Waals surface area (Å²) in [6.45, 7) is 0.598. The molecule has 2 rings (SSSR count). The van der Waals surface area contributed by atoms with Gasteiger partial charge in [-0.25, -0.2) is 4.79 Å². The molecule has 0 spiro atoms. The van der Waals surface area contributed by atoms with Gasteiger partial charge in [0.1, 0.15) is 0 Å². The largest absolute Gasteiger partial charge is 0.478 e. The zero-order valence-corrected chi connectivity index (χ0v) is 11.6. The minimum atomic E-state index is -0.939. The topological polar surface area (TPSA) is 78.4 Å². The number of hydrogen-bond donors (Lipinski definition) is 3. The minimum Gasteiger partial charge on any atom is -0.478 e. The van der Waals surface area contributed by atoms with Crippen LogP contribution in [-0.2, 0) is 6.54 Å². The van der Waals surface area contributed by atoms with Crippen LogP contribution in [0.5, 0.6) is 0 Å². The molecule has 0 unspecified atom stereocenters. The van der Waals surface area contributed by atoms with Gasteiger partial charge in [-0.1, -0.05) is 12.1 Å². The van der Waals surface area contributed by atoms with Crippen LogP contribution in [0.4, 0.5) is 5.69 Å². The molecule has 5 nitrogen and oxygen atoms in total. The van der Waals surface area contributed by atoms with Crippen molar-refractivity contribution in [1.82, 2.24) is 5.32 Å². The molecule has 0 aliphatic heterocycles. The molecule has 0 atom stereocenters. The number of hydrogen-bond acceptors (Lipinski definition) is 3. The number of carboxylic acid groups (broad SMARTS) is 1. The molecule has 5 heteroatoms. The molecular weight excluding hydrogens is 268 g/mol. The van der Waals surface area contributed by atoms with Crippen LogP contribution in [0.3, 0.4) is 0 Å². The van der Waals surface area contributed by atoms with Crippen molar-refractivity contribution in [3.63, 3.8) is 0 Å². The van der Waals surface area contributed by atoms with E-state index in [1.165, 1.54) is 0 Å². The summed E-state index contributed by atoms with van der Waals surface area (Å²) in [5, 5.41) is 14.6. The Morgan fingerprint density at radius 2 is 1.52 bits per heavy atom. The van der Waals surface area contributed by atoms with Crippen molar-refractivity contribution >= 4 is 17.6 Å². The number of carbonyl (C=O) groups excluding carboxylic acids is 1. The lowest BCUT2D eigenvalue weighted by molar-refractivity contribution is 0.0696. The zero-order valence-electron chi connectivity index (χ0n) is 11.6. The first kappa shape index (κ1) is 14.6. The van der Waals surface area contributed by atoms with Gasteiger partial charge in [0.2, 0.25) is 0 Å². The summed E-state index contributed by atoms with van der Waals surface area (Å²) in [6, 6.07) is 13.8. The third kappa shape index (κ3) is 3.82. The summed E-state index contributed by atoms with van der Waals surface area (Å²) in [7, 11) is 1.60. The lowest BCUT2D eigenvalue weighted by Crippen LogP contribution is -2.17. The van der Waals surface area contributed by atoms with Crippen LogP contribution in [-0.4, -0.2) is 24.0 Å². The number of aromatic carboxylic acids is 1. The van der Waals surface area contributed by atoms with Crippen molar-refractivity contribution in [3.8, 4) is 0 Å². The van der Waals surface area contributed by atoms with Crippen molar-refractivity contribution < 1.29 is 14.7 Å². The second-order valence-corrected chi connectivity index (χ2v) is 4.51. The number of carboxylic acids is 1. The van der Waals surface area contributed by atoms with Crippen LogP contribution < -0.4 is 10.6 Å². The van der Waals surface area contributed by atoms with Gasteiger partial charge in [0.25, 0.3) is 5.91 Å². The van der Waals surface area contributed by atoms with Gasteiger partial charge in [0.05, 0.1) is 5.56 Å². The van der Waals surface area contributed by atoms with E-state index in [2.05, 4.69) is 10.6 Å². The second kappa shape index (κ2) is 6.56. The Balaban J connectivity index is 1.96. The summed E-state index contributed by atoms with van der Waals surface area (Å²) < 4.78 is 0. The smallest absolute Gasteiger partial charge is 0.335 e. The predicted molar refractivity (Wildman–Crippen MR) is 80.6 cm³/mol. The second-order valence-electron chi connectivity index (χ2n) is 4.51. The van der Waals surface area contributed by atoms with Crippen LogP contribution in [0.25, 0.3) is 0 Å². The van der Waals surface area contributed by atoms with Gasteiger partial charge in [0, 0.05) is 24.8 Å². The quantitative estimate of drug-likeness (QED) is 0.787. The Bertz CT molecular complexity index is 634. The highest BCUT2D eigenvalue weighted by molar-refractivity contribution is 5.93. The van der Waals surface area contributed by atoms with E-state index in [0.717, 1.165) is 11.3 Å². The van der Waals surface area contributed by atoms with Gasteiger partial charge in [-0.3, -0.25) is 4.79 Å². The summed E-state index contributed by atoms with van der Waals surface area (Å²) in [6.07, 6.45) is 0. The molecule has 0 heterocycles. The first-order valence-electron chi connectivity index (χ1n) is 6.48. The molecule has 0 bridgehead atoms. The van der Waals surface area contributed by atoms with Gasteiger partial charge in [0.15, 0.2) is 0 Å². The highest BCUT2D eigenvalue weighted by Crippen LogP contribution is 2.12. The molecule has 0 radical (unpaired) electrons. The van der Waals surface area contributed by atoms with Crippen LogP contribution >= 0.6 is 0 Å². The summed E-state index contributed by atoms with van der Waals surface area (Å²) in [5.74, 6) is -1.05. The van der Waals surface area contributed by atoms with E-state index in [-0.39, 0.29) is 11.5 Å². The van der Waals surface area contributed by atoms with E-state index < -0.39 is 5.97 Å². The van der Waals surface area contributed by atoms with E-state index in [4.69, 9.17) is 5.11 Å². The summed E-state index contributed by atoms with van der Waals surface area (Å²) in [4.78, 5) is 22.2. The van der Waals surface area contributed by atoms with E-state index in [1.807, 2.05) is 12.1 Å². The Morgan fingerprint density at radius 1 is 0.952 bits per heavy atom. The minimum absolute atomic E-state index is 0.112. The molecule has 0 fully saturated rings. The molecule has 0 aliphatic rings. The van der Waals surface area contributed by atoms with Crippen LogP contribution in [0.15, 0.2) is 48.5 Å². The molecule has 0 saturated heterocycles. The lowest BCUT2D eigenvalue weighted by Gasteiger charge is -2.07. The predicted octanol–water partition coefficient (Wildman–Crippen LogP) is 2.36. The van der Waals surface area contributed by atoms with Gasteiger partial charge in [-0.15, -0.1) is 0 Å². The van der Waals surface area contributed by atoms with E-state index in [1.54, 1.807) is 43.4 Å². The van der Waals surface area contributed by atoms with Crippen LogP contribution in [0, 0.1) is 0 Å². The first-order valence-corrected chi connectivity index (χ1v) is 6.48. The standard InChI is InChI=1S/C16H16N2O3/c1-17-15(19)12-4-2-11(3-5-12)10-18-14-8-6-13(7-9-14)16(20)21/h2-9,18H,10H2,1H3,(H,17,19)(H,20,21). The van der Waals surface area contributed by atoms with E-state index in [9.17, 15) is 9.59 Å². The maximum Gasteiger partial charge on any atom is 0.335 e. The Kier molecular flexibility index (Phi) is 4.56. The zero-order chi connectivity index (χ0) is 15.2. The normalized spacial score (nSPS) is 9.95. The van der Waals surface area contributed by atoms with Gasteiger partial charge < -0.3 is 15.7 Å². The molecule has 21 heavy (non-hydrogen) atoms. The first-order chi connectivity index (χ1) is 10.1. The van der Waals surface area contributed by atoms with Crippen LogP contribution in [0.1, 0.15) is 26.3 Å². The fraction of sp³-hybridized carbons (Fsp3) is 0.125. The SMILES string of the molecule is CNC(=O)c1ccc(CNc2ccc(C(=O)O)cc2)cc1. The van der Waals surface area contributed by atoms with Crippen molar-refractivity contribution in [3.05, 3.63) is 65.2 Å². The highest BCUT2D eigenvalue weighted by Gasteiger charge is 2.03. The van der Waals surface area contributed by atoms with Crippen LogP contribution in [0.2, 0.25) is 0 Å². The molecule has 0 aromatic heterocycles. The molecule has 3 N–H and O–H groups in total. The maximum absolute atomic E-state index is 11.4. The maximum atomic E-state index is 11.4. The number of amides is 1. The monoisotopic (exact) mass is 284 g/mol. The van der Waals surface area contributed by atoms with E-state index >= 15 is 0 Å². The van der Waals surface area contributed by atoms with Crippen molar-refractivity contribution in [2.45, 2.75) is 6.54 Å². The number of rotatable bonds is 5. The lowest BCUT2D eigenvalue weighted by atomic mass is 10.1. The number of benzene rings is 2. The van der Waals surface area contributed by atoms with Gasteiger partial charge >= 0.3 is 5.97 Å². The summed E-state index contributed by atoms with van der Waals surface area (Å²) in [5.41, 5.74) is 2.75. The average molecular weight is 284 g/mol. The highest BCUT2D eigenvalue weighted by atomic mass is 16.4. The molecule has 108 valence electrons. The molecule has 2 aromatic carbocycles. The molecule has 1 amide bonds. The third-order valence-corrected chi connectivity index (χ3v) is 3.07. The Labute approximate surface area is 122 Å². The fourth-order valence-corrected chi connectivity index (χ4v) is 1.85. The van der Waals surface area contributed by atoms with Gasteiger partial charge in [-0.2, -0.15) is 0 Å². The number of anilines is 1. The molecule has 0 saturated carbocycles. The molecular formula is C16H16N2O3. The Hall–Kier alpha value is -2.82. The average Bonchev–Trinajstić information content (AvgIpc) is 2.53. The number of nitrogens with one attached hydrogen (secondary N) is 2. The molecule has 0 aliphatic carbocycles. The number of carbonyl (C=O) groups is 2. The third-order valence-electron chi connectivity index (χ3n) is 3.07. The summed E-state index contributed by atoms with van der Waals surface area (Å²) >= 11 is 0. The van der Waals surface area contributed by atoms with Crippen molar-refractivity contribution in [1.29, 1.82) is 0 Å². The van der Waals surface area contributed by atoms with Crippen molar-refractivity contribution in [2.75, 3.05) is 12.4 Å². The Morgan fingerprint density at radius 3 is 2.05 bits per heavy atom. The van der Waals surface area contributed by atoms with Gasteiger partial charge in [-0.05, 0) is 42.0 Å². The fourth-order valence-electron chi connectivity index (χ4n) is 1.85. The van der Waals surface area contributed by atoms with E-state index in [0.29, 0.717) is 12.1 Å². The molecule has 2 aromatic rings. The van der Waals surface area contributed by atoms with Crippen molar-refractivity contribution in [2.24, 2.45) is 0 Å².